The average molecular weight is 731 g/mol. The van der Waals surface area contributed by atoms with Crippen LogP contribution in [0.15, 0.2) is 60.7 Å². The molecule has 4 aromatic carbocycles. The monoisotopic (exact) mass is 730 g/mol. The van der Waals surface area contributed by atoms with E-state index < -0.39 is 33.2 Å². The van der Waals surface area contributed by atoms with Gasteiger partial charge in [-0.1, -0.05) is 102 Å². The second kappa shape index (κ2) is 15.0. The van der Waals surface area contributed by atoms with Gasteiger partial charge in [0.25, 0.3) is 12.3 Å². The van der Waals surface area contributed by atoms with E-state index in [1.54, 1.807) is 24.3 Å². The Kier molecular flexibility index (Phi) is 11.3. The molecular weight excluding hydrogens is 695 g/mol. The fourth-order valence-electron chi connectivity index (χ4n) is 6.94. The van der Waals surface area contributed by atoms with Crippen LogP contribution in [0.2, 0.25) is 0 Å². The Labute approximate surface area is 285 Å². The zero-order valence-electron chi connectivity index (χ0n) is 26.9. The second-order valence-electron chi connectivity index (χ2n) is 12.2. The number of fused-ring (bicyclic) bond motifs is 7. The summed E-state index contributed by atoms with van der Waals surface area (Å²) in [6.45, 7) is 4.27. The first-order chi connectivity index (χ1) is 23.2. The molecule has 49 heavy (non-hydrogen) atoms. The van der Waals surface area contributed by atoms with E-state index in [1.165, 1.54) is 12.1 Å². The summed E-state index contributed by atoms with van der Waals surface area (Å²) >= 11 is 0.0428. The summed E-state index contributed by atoms with van der Waals surface area (Å²) in [6, 6.07) is 17.1. The zero-order valence-corrected chi connectivity index (χ0v) is 28.5. The van der Waals surface area contributed by atoms with Crippen molar-refractivity contribution in [1.29, 1.82) is 0 Å². The molecule has 0 spiro atoms. The third-order valence-electron chi connectivity index (χ3n) is 8.92. The highest BCUT2D eigenvalue weighted by Gasteiger charge is 2.49. The van der Waals surface area contributed by atoms with Crippen LogP contribution in [-0.4, -0.2) is 20.3 Å². The Bertz CT molecular complexity index is 1880. The molecule has 14 heteroatoms. The topological polar surface area (TPSA) is 71.1 Å². The van der Waals surface area contributed by atoms with Gasteiger partial charge in [0, 0.05) is 5.41 Å². The maximum absolute atomic E-state index is 13.1. The minimum absolute atomic E-state index is 0.0428. The molecule has 0 bridgehead atoms. The van der Waals surface area contributed by atoms with Gasteiger partial charge in [0.1, 0.15) is 11.5 Å². The molecule has 0 amide bonds. The van der Waals surface area contributed by atoms with Gasteiger partial charge in [-0.15, -0.1) is 22.4 Å². The normalized spacial score (nSPS) is 14.3. The van der Waals surface area contributed by atoms with Crippen molar-refractivity contribution in [2.45, 2.75) is 95.3 Å². The van der Waals surface area contributed by atoms with Gasteiger partial charge in [-0.3, -0.25) is 0 Å². The third kappa shape index (κ3) is 8.08. The van der Waals surface area contributed by atoms with E-state index in [0.717, 1.165) is 103 Å². The SMILES string of the molecule is CCCCCCC1(CCCCCC)c2c(ccc3cc(OSOOC(F)(F)F)ccc23)-c2ccc3cc(OS(=O)(=O)C(F)(F)F)ccc3c21. The maximum atomic E-state index is 13.1. The zero-order chi connectivity index (χ0) is 35.5. The summed E-state index contributed by atoms with van der Waals surface area (Å²) in [7, 11) is -5.85. The molecule has 0 atom stereocenters. The first-order valence-corrected chi connectivity index (χ1v) is 18.2. The van der Waals surface area contributed by atoms with Gasteiger partial charge in [0.15, 0.2) is 0 Å². The predicted molar refractivity (Wildman–Crippen MR) is 177 cm³/mol. The van der Waals surface area contributed by atoms with Gasteiger partial charge in [0.05, 0.1) is 0 Å². The van der Waals surface area contributed by atoms with Crippen LogP contribution < -0.4 is 8.37 Å². The smallest absolute Gasteiger partial charge is 0.399 e. The number of hydrogen-bond acceptors (Lipinski definition) is 7. The molecule has 266 valence electrons. The van der Waals surface area contributed by atoms with Gasteiger partial charge >= 0.3 is 22.0 Å². The van der Waals surface area contributed by atoms with E-state index in [-0.39, 0.29) is 18.1 Å². The number of unbranched alkanes of at least 4 members (excludes halogenated alkanes) is 6. The van der Waals surface area contributed by atoms with Crippen molar-refractivity contribution in [3.8, 4) is 22.6 Å². The highest BCUT2D eigenvalue weighted by Crippen LogP contribution is 2.58. The molecular formula is C35H36F6O6S2. The van der Waals surface area contributed by atoms with Crippen molar-refractivity contribution in [2.75, 3.05) is 0 Å². The second-order valence-corrected chi connectivity index (χ2v) is 14.2. The summed E-state index contributed by atoms with van der Waals surface area (Å²) in [5.41, 5.74) is -1.91. The molecule has 1 aliphatic carbocycles. The number of halogens is 6. The van der Waals surface area contributed by atoms with Crippen molar-refractivity contribution in [3.05, 3.63) is 71.8 Å². The minimum Gasteiger partial charge on any atom is -0.399 e. The fraction of sp³-hybridized carbons (Fsp3) is 0.429. The molecule has 0 heterocycles. The first kappa shape index (κ1) is 37.1. The van der Waals surface area contributed by atoms with E-state index in [0.29, 0.717) is 5.39 Å². The summed E-state index contributed by atoms with van der Waals surface area (Å²) < 4.78 is 114. The van der Waals surface area contributed by atoms with Crippen molar-refractivity contribution in [1.82, 2.24) is 0 Å². The predicted octanol–water partition coefficient (Wildman–Crippen LogP) is 11.8. The summed E-state index contributed by atoms with van der Waals surface area (Å²) in [6.07, 6.45) is 4.70. The number of hydrogen-bond donors (Lipinski definition) is 0. The lowest BCUT2D eigenvalue weighted by Crippen LogP contribution is -2.28. The maximum Gasteiger partial charge on any atom is 0.550 e. The van der Waals surface area contributed by atoms with Crippen molar-refractivity contribution in [3.63, 3.8) is 0 Å². The van der Waals surface area contributed by atoms with Crippen LogP contribution in [0, 0.1) is 0 Å². The standard InChI is InChI=1S/C35H36F6O6S2/c1-3-5-7-9-19-33(20-10-8-6-4-2)31-27-17-13-25(44-48-47-46-34(36,37)38)21-23(27)11-15-29(31)30-16-12-24-22-26(14-18-28(24)32(30)33)45-49(42,43)35(39,40)41/h11-18,21-22H,3-10,19-20H2,1-2H3. The average Bonchev–Trinajstić information content (AvgIpc) is 3.32. The van der Waals surface area contributed by atoms with Crippen LogP contribution in [0.25, 0.3) is 32.7 Å². The third-order valence-corrected chi connectivity index (χ3v) is 10.3. The van der Waals surface area contributed by atoms with Gasteiger partial charge in [-0.25, -0.2) is 0 Å². The van der Waals surface area contributed by atoms with Crippen LogP contribution in [-0.2, 0) is 24.8 Å². The van der Waals surface area contributed by atoms with E-state index in [1.807, 2.05) is 24.3 Å². The van der Waals surface area contributed by atoms with Crippen molar-refractivity contribution in [2.24, 2.45) is 0 Å². The molecule has 1 aliphatic rings. The first-order valence-electron chi connectivity index (χ1n) is 16.1. The van der Waals surface area contributed by atoms with Crippen LogP contribution in [0.4, 0.5) is 26.3 Å². The Balaban J connectivity index is 1.64. The van der Waals surface area contributed by atoms with Crippen LogP contribution >= 0.6 is 12.3 Å². The molecule has 5 rings (SSSR count). The molecule has 0 fully saturated rings. The van der Waals surface area contributed by atoms with Crippen molar-refractivity contribution < 1.29 is 52.3 Å². The molecule has 6 nitrogen and oxygen atoms in total. The van der Waals surface area contributed by atoms with Crippen molar-refractivity contribution >= 4 is 44.0 Å². The number of benzene rings is 4. The van der Waals surface area contributed by atoms with Gasteiger partial charge in [-0.05, 0) is 80.9 Å². The van der Waals surface area contributed by atoms with Crippen LogP contribution in [0.3, 0.4) is 0 Å². The molecule has 0 radical (unpaired) electrons. The lowest BCUT2D eigenvalue weighted by atomic mass is 9.68. The van der Waals surface area contributed by atoms with E-state index in [4.69, 9.17) is 4.18 Å². The van der Waals surface area contributed by atoms with E-state index >= 15 is 0 Å². The highest BCUT2D eigenvalue weighted by molar-refractivity contribution is 7.90. The molecule has 0 unspecified atom stereocenters. The summed E-state index contributed by atoms with van der Waals surface area (Å²) in [5, 5.41) is 3.08. The number of rotatable bonds is 16. The van der Waals surface area contributed by atoms with Crippen LogP contribution in [0.5, 0.6) is 11.5 Å². The summed E-state index contributed by atoms with van der Waals surface area (Å²) in [4.78, 5) is 3.30. The Morgan fingerprint density at radius 2 is 1.18 bits per heavy atom. The van der Waals surface area contributed by atoms with E-state index in [2.05, 4.69) is 27.3 Å². The van der Waals surface area contributed by atoms with Gasteiger partial charge in [0.2, 0.25) is 0 Å². The molecule has 4 aromatic rings. The largest absolute Gasteiger partial charge is 0.550 e. The van der Waals surface area contributed by atoms with Gasteiger partial charge in [-0.2, -0.15) is 21.6 Å². The Morgan fingerprint density at radius 3 is 1.67 bits per heavy atom. The fourth-order valence-corrected chi connectivity index (χ4v) is 7.70. The highest BCUT2D eigenvalue weighted by atomic mass is 32.2. The van der Waals surface area contributed by atoms with Crippen LogP contribution in [0.1, 0.15) is 89.2 Å². The molecule has 0 saturated carbocycles. The lowest BCUT2D eigenvalue weighted by Gasteiger charge is -2.34. The lowest BCUT2D eigenvalue weighted by molar-refractivity contribution is -0.441. The quantitative estimate of drug-likeness (QED) is 0.0216. The molecule has 0 aliphatic heterocycles. The molecule has 0 N–H and O–H groups in total. The minimum atomic E-state index is -5.85. The van der Waals surface area contributed by atoms with E-state index in [9.17, 15) is 34.8 Å². The molecule has 0 aromatic heterocycles. The molecule has 0 saturated heterocycles. The summed E-state index contributed by atoms with van der Waals surface area (Å²) in [5.74, 6) is -0.181. The number of alkyl halides is 6. The Morgan fingerprint density at radius 1 is 0.673 bits per heavy atom. The van der Waals surface area contributed by atoms with Gasteiger partial charge < -0.3 is 8.37 Å². The Hall–Kier alpha value is -3.20.